The van der Waals surface area contributed by atoms with Gasteiger partial charge in [0.2, 0.25) is 0 Å². The van der Waals surface area contributed by atoms with Crippen LogP contribution in [0.3, 0.4) is 0 Å². The number of epoxide rings is 1. The van der Waals surface area contributed by atoms with Crippen LogP contribution >= 0.6 is 0 Å². The van der Waals surface area contributed by atoms with Crippen molar-refractivity contribution in [2.24, 2.45) is 5.92 Å². The van der Waals surface area contributed by atoms with Gasteiger partial charge in [0.25, 0.3) is 0 Å². The minimum atomic E-state index is 0.345. The van der Waals surface area contributed by atoms with Crippen molar-refractivity contribution >= 4 is 0 Å². The van der Waals surface area contributed by atoms with Crippen LogP contribution in [0, 0.1) is 5.92 Å². The molecule has 2 unspecified atom stereocenters. The zero-order chi connectivity index (χ0) is 13.8. The molecule has 114 valence electrons. The molecule has 1 saturated heterocycles. The lowest BCUT2D eigenvalue weighted by Crippen LogP contribution is -2.14. The maximum absolute atomic E-state index is 5.65. The number of hydrogen-bond donors (Lipinski definition) is 0. The molecule has 0 saturated carbocycles. The summed E-state index contributed by atoms with van der Waals surface area (Å²) < 4.78 is 21.5. The molecule has 0 aromatic carbocycles. The smallest absolute Gasteiger partial charge is 0.104 e. The summed E-state index contributed by atoms with van der Waals surface area (Å²) >= 11 is 0. The summed E-state index contributed by atoms with van der Waals surface area (Å²) in [6.07, 6.45) is 5.41. The Hall–Kier alpha value is -0.160. The Morgan fingerprint density at radius 2 is 1.74 bits per heavy atom. The molecule has 4 heteroatoms. The number of ether oxygens (including phenoxy) is 4. The van der Waals surface area contributed by atoms with Gasteiger partial charge in [0.1, 0.15) is 6.10 Å². The van der Waals surface area contributed by atoms with Crippen molar-refractivity contribution in [1.82, 2.24) is 0 Å². The van der Waals surface area contributed by atoms with Crippen LogP contribution in [-0.2, 0) is 18.9 Å². The topological polar surface area (TPSA) is 40.2 Å². The molecule has 1 rings (SSSR count). The van der Waals surface area contributed by atoms with Crippen molar-refractivity contribution in [3.05, 3.63) is 0 Å². The highest BCUT2D eigenvalue weighted by Gasteiger charge is 2.21. The van der Waals surface area contributed by atoms with Crippen molar-refractivity contribution in [3.63, 3.8) is 0 Å². The third kappa shape index (κ3) is 10.3. The largest absolute Gasteiger partial charge is 0.379 e. The highest BCUT2D eigenvalue weighted by molar-refractivity contribution is 4.66. The van der Waals surface area contributed by atoms with Gasteiger partial charge < -0.3 is 18.9 Å². The predicted octanol–water partition coefficient (Wildman–Crippen LogP) is 2.65. The van der Waals surface area contributed by atoms with E-state index in [4.69, 9.17) is 18.9 Å². The number of hydrogen-bond acceptors (Lipinski definition) is 4. The van der Waals surface area contributed by atoms with Gasteiger partial charge in [-0.05, 0) is 12.3 Å². The first-order valence-corrected chi connectivity index (χ1v) is 7.71. The molecule has 1 heterocycles. The SMILES string of the molecule is CCCCC(CC)COCCOCCOCC1CO1. The van der Waals surface area contributed by atoms with E-state index in [0.29, 0.717) is 45.1 Å². The molecule has 0 aromatic heterocycles. The van der Waals surface area contributed by atoms with Gasteiger partial charge in [-0.2, -0.15) is 0 Å². The van der Waals surface area contributed by atoms with Crippen LogP contribution in [0.4, 0.5) is 0 Å². The fourth-order valence-electron chi connectivity index (χ4n) is 1.86. The van der Waals surface area contributed by atoms with Crippen LogP contribution in [0.1, 0.15) is 39.5 Å². The molecule has 19 heavy (non-hydrogen) atoms. The number of unbranched alkanes of at least 4 members (excludes halogenated alkanes) is 1. The van der Waals surface area contributed by atoms with Gasteiger partial charge in [-0.3, -0.25) is 0 Å². The van der Waals surface area contributed by atoms with Crippen molar-refractivity contribution in [3.8, 4) is 0 Å². The molecule has 4 nitrogen and oxygen atoms in total. The van der Waals surface area contributed by atoms with Gasteiger partial charge >= 0.3 is 0 Å². The average Bonchev–Trinajstić information content (AvgIpc) is 3.24. The van der Waals surface area contributed by atoms with Gasteiger partial charge in [0.05, 0.1) is 39.6 Å². The Balaban J connectivity index is 1.76. The van der Waals surface area contributed by atoms with E-state index in [9.17, 15) is 0 Å². The van der Waals surface area contributed by atoms with E-state index in [1.807, 2.05) is 0 Å². The standard InChI is InChI=1S/C15H30O4/c1-3-5-6-14(4-2)11-17-9-7-16-8-10-18-12-15-13-19-15/h14-15H,3-13H2,1-2H3. The van der Waals surface area contributed by atoms with Crippen LogP contribution in [0.15, 0.2) is 0 Å². The number of rotatable bonds is 14. The quantitative estimate of drug-likeness (QED) is 0.361. The van der Waals surface area contributed by atoms with Gasteiger partial charge in [0, 0.05) is 6.61 Å². The van der Waals surface area contributed by atoms with Crippen LogP contribution in [0.2, 0.25) is 0 Å². The minimum Gasteiger partial charge on any atom is -0.379 e. The maximum Gasteiger partial charge on any atom is 0.104 e. The zero-order valence-corrected chi connectivity index (χ0v) is 12.6. The van der Waals surface area contributed by atoms with Crippen LogP contribution < -0.4 is 0 Å². The average molecular weight is 274 g/mol. The Kier molecular flexibility index (Phi) is 10.4. The van der Waals surface area contributed by atoms with Gasteiger partial charge in [-0.25, -0.2) is 0 Å². The highest BCUT2D eigenvalue weighted by atomic mass is 16.6. The lowest BCUT2D eigenvalue weighted by Gasteiger charge is -2.14. The Labute approximate surface area is 117 Å². The first kappa shape index (κ1) is 16.9. The molecule has 0 aliphatic carbocycles. The summed E-state index contributed by atoms with van der Waals surface area (Å²) in [5, 5.41) is 0. The molecule has 0 spiro atoms. The third-order valence-corrected chi connectivity index (χ3v) is 3.35. The first-order chi connectivity index (χ1) is 9.36. The molecule has 2 atom stereocenters. The molecule has 1 fully saturated rings. The summed E-state index contributed by atoms with van der Waals surface area (Å²) in [6.45, 7) is 9.54. The first-order valence-electron chi connectivity index (χ1n) is 7.71. The molecule has 0 bridgehead atoms. The summed E-state index contributed by atoms with van der Waals surface area (Å²) in [4.78, 5) is 0. The Morgan fingerprint density at radius 3 is 2.37 bits per heavy atom. The summed E-state index contributed by atoms with van der Waals surface area (Å²) in [7, 11) is 0. The van der Waals surface area contributed by atoms with Gasteiger partial charge in [0.15, 0.2) is 0 Å². The monoisotopic (exact) mass is 274 g/mol. The maximum atomic E-state index is 5.65. The van der Waals surface area contributed by atoms with Crippen molar-refractivity contribution in [2.45, 2.75) is 45.6 Å². The normalized spacial score (nSPS) is 19.6. The molecule has 1 aliphatic heterocycles. The van der Waals surface area contributed by atoms with E-state index < -0.39 is 0 Å². The summed E-state index contributed by atoms with van der Waals surface area (Å²) in [6, 6.07) is 0. The lowest BCUT2D eigenvalue weighted by molar-refractivity contribution is 0.00415. The fraction of sp³-hybridized carbons (Fsp3) is 1.00. The minimum absolute atomic E-state index is 0.345. The second-order valence-corrected chi connectivity index (χ2v) is 5.13. The van der Waals surface area contributed by atoms with E-state index in [-0.39, 0.29) is 0 Å². The van der Waals surface area contributed by atoms with Crippen molar-refractivity contribution in [1.29, 1.82) is 0 Å². The second-order valence-electron chi connectivity index (χ2n) is 5.13. The van der Waals surface area contributed by atoms with E-state index in [1.165, 1.54) is 25.7 Å². The second kappa shape index (κ2) is 11.6. The van der Waals surface area contributed by atoms with Gasteiger partial charge in [-0.15, -0.1) is 0 Å². The van der Waals surface area contributed by atoms with Crippen LogP contribution in [0.25, 0.3) is 0 Å². The van der Waals surface area contributed by atoms with Crippen LogP contribution in [0.5, 0.6) is 0 Å². The predicted molar refractivity (Wildman–Crippen MR) is 75.5 cm³/mol. The van der Waals surface area contributed by atoms with Crippen molar-refractivity contribution < 1.29 is 18.9 Å². The van der Waals surface area contributed by atoms with Crippen molar-refractivity contribution in [2.75, 3.05) is 46.2 Å². The summed E-state index contributed by atoms with van der Waals surface area (Å²) in [5.41, 5.74) is 0. The third-order valence-electron chi connectivity index (χ3n) is 3.35. The van der Waals surface area contributed by atoms with E-state index >= 15 is 0 Å². The van der Waals surface area contributed by atoms with Gasteiger partial charge in [-0.1, -0.05) is 33.1 Å². The van der Waals surface area contributed by atoms with E-state index in [0.717, 1.165) is 13.2 Å². The molecule has 0 amide bonds. The molecule has 0 radical (unpaired) electrons. The zero-order valence-electron chi connectivity index (χ0n) is 12.6. The molecule has 1 aliphatic rings. The Morgan fingerprint density at radius 1 is 1.05 bits per heavy atom. The van der Waals surface area contributed by atoms with E-state index in [2.05, 4.69) is 13.8 Å². The molecule has 0 N–H and O–H groups in total. The lowest BCUT2D eigenvalue weighted by atomic mass is 10.0. The fourth-order valence-corrected chi connectivity index (χ4v) is 1.86. The highest BCUT2D eigenvalue weighted by Crippen LogP contribution is 2.12. The van der Waals surface area contributed by atoms with Crippen LogP contribution in [-0.4, -0.2) is 52.4 Å². The van der Waals surface area contributed by atoms with E-state index in [1.54, 1.807) is 0 Å². The molecular weight excluding hydrogens is 244 g/mol. The Bertz CT molecular complexity index is 195. The summed E-state index contributed by atoms with van der Waals surface area (Å²) in [5.74, 6) is 0.710. The molecule has 0 aromatic rings. The molecular formula is C15H30O4.